The van der Waals surface area contributed by atoms with E-state index < -0.39 is 0 Å². The van der Waals surface area contributed by atoms with Crippen molar-refractivity contribution < 1.29 is 14.3 Å². The van der Waals surface area contributed by atoms with Crippen molar-refractivity contribution in [3.8, 4) is 5.75 Å². The highest BCUT2D eigenvalue weighted by Crippen LogP contribution is 2.39. The number of nitrogens with zero attached hydrogens (tertiary/aromatic N) is 2. The molecule has 2 heterocycles. The Bertz CT molecular complexity index is 822. The van der Waals surface area contributed by atoms with Crippen molar-refractivity contribution in [3.05, 3.63) is 65.5 Å². The summed E-state index contributed by atoms with van der Waals surface area (Å²) < 4.78 is 13.2. The van der Waals surface area contributed by atoms with Gasteiger partial charge in [-0.15, -0.1) is 0 Å². The Morgan fingerprint density at radius 1 is 0.929 bits per heavy atom. The first-order chi connectivity index (χ1) is 13.6. The minimum absolute atomic E-state index is 0.0418. The molecule has 0 aromatic heterocycles. The number of rotatable bonds is 3. The van der Waals surface area contributed by atoms with Crippen LogP contribution in [0, 0.1) is 5.82 Å². The Kier molecular flexibility index (Phi) is 5.36. The fourth-order valence-electron chi connectivity index (χ4n) is 4.79. The van der Waals surface area contributed by atoms with E-state index in [9.17, 15) is 14.3 Å². The molecule has 2 aliphatic rings. The average molecular weight is 382 g/mol. The molecule has 0 unspecified atom stereocenters. The average Bonchev–Trinajstić information content (AvgIpc) is 2.94. The summed E-state index contributed by atoms with van der Waals surface area (Å²) in [6.45, 7) is 3.42. The molecule has 0 saturated carbocycles. The van der Waals surface area contributed by atoms with Gasteiger partial charge in [0.2, 0.25) is 0 Å². The molecule has 5 heteroatoms. The lowest BCUT2D eigenvalue weighted by Gasteiger charge is -2.38. The lowest BCUT2D eigenvalue weighted by molar-refractivity contribution is 0.0738. The van der Waals surface area contributed by atoms with E-state index >= 15 is 0 Å². The summed E-state index contributed by atoms with van der Waals surface area (Å²) in [5, 5.41) is 9.45. The van der Waals surface area contributed by atoms with Gasteiger partial charge in [0.1, 0.15) is 11.6 Å². The summed E-state index contributed by atoms with van der Waals surface area (Å²) in [6, 6.07) is 13.3. The topological polar surface area (TPSA) is 43.8 Å². The SMILES string of the molecule is O=C(c1ccc(O)cc1)N1CCC[C@@]2(CCCN2Cc2ccc(F)cc2)CC1. The summed E-state index contributed by atoms with van der Waals surface area (Å²) in [5.41, 5.74) is 1.91. The number of hydrogen-bond acceptors (Lipinski definition) is 3. The lowest BCUT2D eigenvalue weighted by Crippen LogP contribution is -2.44. The Morgan fingerprint density at radius 3 is 2.32 bits per heavy atom. The Morgan fingerprint density at radius 2 is 1.61 bits per heavy atom. The summed E-state index contributed by atoms with van der Waals surface area (Å²) in [4.78, 5) is 17.4. The van der Waals surface area contributed by atoms with E-state index in [0.29, 0.717) is 5.56 Å². The van der Waals surface area contributed by atoms with E-state index in [2.05, 4.69) is 4.90 Å². The second-order valence-corrected chi connectivity index (χ2v) is 8.07. The standard InChI is InChI=1S/C23H27FN2O2/c24-20-7-3-18(4-8-20)17-26-15-2-12-23(26)11-1-14-25(16-13-23)22(28)19-5-9-21(27)10-6-19/h3-10,27H,1-2,11-17H2/t23-/m1/s1. The number of likely N-dealkylation sites (tertiary alicyclic amines) is 2. The van der Waals surface area contributed by atoms with Gasteiger partial charge in [-0.05, 0) is 80.6 Å². The number of aromatic hydroxyl groups is 1. The van der Waals surface area contributed by atoms with Gasteiger partial charge in [-0.25, -0.2) is 4.39 Å². The molecule has 0 bridgehead atoms. The molecule has 0 aliphatic carbocycles. The summed E-state index contributed by atoms with van der Waals surface area (Å²) in [5.74, 6) is 0.0200. The molecule has 28 heavy (non-hydrogen) atoms. The number of benzene rings is 2. The van der Waals surface area contributed by atoms with Crippen LogP contribution in [0.25, 0.3) is 0 Å². The molecule has 148 valence electrons. The van der Waals surface area contributed by atoms with E-state index in [1.807, 2.05) is 17.0 Å². The molecule has 1 N–H and O–H groups in total. The molecule has 1 spiro atoms. The van der Waals surface area contributed by atoms with Crippen LogP contribution in [0.15, 0.2) is 48.5 Å². The molecule has 2 saturated heterocycles. The van der Waals surface area contributed by atoms with Gasteiger partial charge < -0.3 is 10.0 Å². The molecular formula is C23H27FN2O2. The van der Waals surface area contributed by atoms with Crippen molar-refractivity contribution in [2.75, 3.05) is 19.6 Å². The van der Waals surface area contributed by atoms with Crippen LogP contribution in [0.5, 0.6) is 5.75 Å². The first kappa shape index (κ1) is 18.9. The zero-order chi connectivity index (χ0) is 19.6. The molecule has 1 atom stereocenters. The van der Waals surface area contributed by atoms with Gasteiger partial charge in [0.25, 0.3) is 5.91 Å². The largest absolute Gasteiger partial charge is 0.508 e. The lowest BCUT2D eigenvalue weighted by atomic mass is 9.87. The molecule has 1 amide bonds. The number of phenolic OH excluding ortho intramolecular Hbond substituents is 1. The van der Waals surface area contributed by atoms with Gasteiger partial charge in [-0.3, -0.25) is 9.69 Å². The highest BCUT2D eigenvalue weighted by molar-refractivity contribution is 5.94. The third-order valence-electron chi connectivity index (χ3n) is 6.35. The minimum Gasteiger partial charge on any atom is -0.508 e. The van der Waals surface area contributed by atoms with E-state index in [4.69, 9.17) is 0 Å². The highest BCUT2D eigenvalue weighted by atomic mass is 19.1. The van der Waals surface area contributed by atoms with Crippen molar-refractivity contribution in [2.45, 2.75) is 44.2 Å². The Balaban J connectivity index is 1.45. The molecule has 0 radical (unpaired) electrons. The van der Waals surface area contributed by atoms with Crippen LogP contribution in [0.1, 0.15) is 48.0 Å². The van der Waals surface area contributed by atoms with E-state index in [1.165, 1.54) is 18.6 Å². The maximum Gasteiger partial charge on any atom is 0.253 e. The van der Waals surface area contributed by atoms with Crippen LogP contribution in [-0.2, 0) is 6.54 Å². The molecule has 2 fully saturated rings. The van der Waals surface area contributed by atoms with E-state index in [-0.39, 0.29) is 23.0 Å². The number of halogens is 1. The fraction of sp³-hybridized carbons (Fsp3) is 0.435. The van der Waals surface area contributed by atoms with Crippen molar-refractivity contribution >= 4 is 5.91 Å². The van der Waals surface area contributed by atoms with Gasteiger partial charge in [0, 0.05) is 30.7 Å². The van der Waals surface area contributed by atoms with Crippen molar-refractivity contribution in [1.82, 2.24) is 9.80 Å². The molecule has 2 aliphatic heterocycles. The fourth-order valence-corrected chi connectivity index (χ4v) is 4.79. The summed E-state index contributed by atoms with van der Waals surface area (Å²) in [7, 11) is 0. The quantitative estimate of drug-likeness (QED) is 0.866. The van der Waals surface area contributed by atoms with Crippen LogP contribution in [-0.4, -0.2) is 46.0 Å². The molecule has 2 aromatic rings. The number of phenols is 1. The van der Waals surface area contributed by atoms with Crippen LogP contribution < -0.4 is 0 Å². The van der Waals surface area contributed by atoms with E-state index in [1.54, 1.807) is 24.3 Å². The maximum atomic E-state index is 13.2. The monoisotopic (exact) mass is 382 g/mol. The number of hydrogen-bond donors (Lipinski definition) is 1. The predicted octanol–water partition coefficient (Wildman–Crippen LogP) is 4.19. The summed E-state index contributed by atoms with van der Waals surface area (Å²) in [6.07, 6.45) is 5.39. The number of carbonyl (C=O) groups excluding carboxylic acids is 1. The Labute approximate surface area is 165 Å². The van der Waals surface area contributed by atoms with Crippen molar-refractivity contribution in [2.24, 2.45) is 0 Å². The van der Waals surface area contributed by atoms with Crippen LogP contribution in [0.2, 0.25) is 0 Å². The van der Waals surface area contributed by atoms with Crippen LogP contribution in [0.4, 0.5) is 4.39 Å². The highest BCUT2D eigenvalue weighted by Gasteiger charge is 2.42. The first-order valence-corrected chi connectivity index (χ1v) is 10.1. The van der Waals surface area contributed by atoms with Gasteiger partial charge in [-0.1, -0.05) is 12.1 Å². The Hall–Kier alpha value is -2.40. The molecule has 4 rings (SSSR count). The van der Waals surface area contributed by atoms with Gasteiger partial charge >= 0.3 is 0 Å². The smallest absolute Gasteiger partial charge is 0.253 e. The van der Waals surface area contributed by atoms with Crippen LogP contribution in [0.3, 0.4) is 0 Å². The van der Waals surface area contributed by atoms with Gasteiger partial charge in [0.15, 0.2) is 0 Å². The van der Waals surface area contributed by atoms with E-state index in [0.717, 1.165) is 57.4 Å². The van der Waals surface area contributed by atoms with Crippen LogP contribution >= 0.6 is 0 Å². The minimum atomic E-state index is -0.197. The zero-order valence-corrected chi connectivity index (χ0v) is 16.1. The van der Waals surface area contributed by atoms with Gasteiger partial charge in [-0.2, -0.15) is 0 Å². The maximum absolute atomic E-state index is 13.2. The molecule has 4 nitrogen and oxygen atoms in total. The van der Waals surface area contributed by atoms with Gasteiger partial charge in [0.05, 0.1) is 0 Å². The normalized spacial score (nSPS) is 23.1. The second-order valence-electron chi connectivity index (χ2n) is 8.07. The van der Waals surface area contributed by atoms with Crippen molar-refractivity contribution in [3.63, 3.8) is 0 Å². The number of amides is 1. The molecule has 2 aromatic carbocycles. The molecular weight excluding hydrogens is 355 g/mol. The van der Waals surface area contributed by atoms with Crippen molar-refractivity contribution in [1.29, 1.82) is 0 Å². The third kappa shape index (κ3) is 3.90. The zero-order valence-electron chi connectivity index (χ0n) is 16.1. The number of carbonyl (C=O) groups is 1. The summed E-state index contributed by atoms with van der Waals surface area (Å²) >= 11 is 0. The predicted molar refractivity (Wildman–Crippen MR) is 107 cm³/mol. The third-order valence-corrected chi connectivity index (χ3v) is 6.35. The first-order valence-electron chi connectivity index (χ1n) is 10.1. The second kappa shape index (κ2) is 7.92.